The molecule has 230 valence electrons. The van der Waals surface area contributed by atoms with E-state index >= 15 is 0 Å². The van der Waals surface area contributed by atoms with Gasteiger partial charge in [0.25, 0.3) is 0 Å². The molecule has 8 nitrogen and oxygen atoms in total. The number of hydrogen-bond acceptors (Lipinski definition) is 8. The molecule has 2 aromatic carbocycles. The number of hydrogen-bond donors (Lipinski definition) is 2. The molecule has 5 heterocycles. The summed E-state index contributed by atoms with van der Waals surface area (Å²) < 4.78 is 35.7. The summed E-state index contributed by atoms with van der Waals surface area (Å²) >= 11 is 0. The first kappa shape index (κ1) is 28.5. The maximum Gasteiger partial charge on any atom is 0.318 e. The Bertz CT molecular complexity index is 1550. The quantitative estimate of drug-likeness (QED) is 0.418. The van der Waals surface area contributed by atoms with Crippen LogP contribution in [0, 0.1) is 5.82 Å². The summed E-state index contributed by atoms with van der Waals surface area (Å²) in [7, 11) is 0. The number of aryl methyl sites for hydroxylation is 1. The standard InChI is InChI=1S/C33H41F2N5O3/c1-3-24-26(35)7-6-21-14-23(41)15-28(29(21)24)38-13-8-25-27(18-38)36-31(37-30(25)39-11-4-9-32(2,42)19-39)43-20-33-10-5-12-40(33)17-22(34)16-33/h6-7,14-15,22,41-42H,3-5,8-13,16-20H2,1-2H3/t22-,32-,33+/m1/s1. The highest BCUT2D eigenvalue weighted by molar-refractivity contribution is 5.98. The Hall–Kier alpha value is -3.24. The summed E-state index contributed by atoms with van der Waals surface area (Å²) in [6.07, 6.45) is 4.32. The van der Waals surface area contributed by atoms with Gasteiger partial charge in [0.2, 0.25) is 0 Å². The van der Waals surface area contributed by atoms with Crippen LogP contribution in [0.5, 0.6) is 11.8 Å². The van der Waals surface area contributed by atoms with Gasteiger partial charge in [-0.3, -0.25) is 4.90 Å². The molecule has 0 unspecified atom stereocenters. The van der Waals surface area contributed by atoms with Gasteiger partial charge in [-0.15, -0.1) is 0 Å². The predicted octanol–water partition coefficient (Wildman–Crippen LogP) is 4.91. The van der Waals surface area contributed by atoms with Crippen molar-refractivity contribution >= 4 is 22.3 Å². The van der Waals surface area contributed by atoms with E-state index in [-0.39, 0.29) is 23.1 Å². The second-order valence-corrected chi connectivity index (χ2v) is 13.3. The van der Waals surface area contributed by atoms with Crippen LogP contribution in [0.3, 0.4) is 0 Å². The van der Waals surface area contributed by atoms with Gasteiger partial charge >= 0.3 is 6.01 Å². The molecule has 7 rings (SSSR count). The van der Waals surface area contributed by atoms with Gasteiger partial charge in [-0.1, -0.05) is 13.0 Å². The lowest BCUT2D eigenvalue weighted by Crippen LogP contribution is -2.47. The summed E-state index contributed by atoms with van der Waals surface area (Å²) in [6, 6.07) is 6.85. The van der Waals surface area contributed by atoms with Crippen LogP contribution in [0.2, 0.25) is 0 Å². The molecule has 0 bridgehead atoms. The van der Waals surface area contributed by atoms with Gasteiger partial charge in [0.15, 0.2) is 0 Å². The van der Waals surface area contributed by atoms with E-state index in [2.05, 4.69) is 14.7 Å². The summed E-state index contributed by atoms with van der Waals surface area (Å²) in [5.74, 6) is 0.670. The van der Waals surface area contributed by atoms with E-state index < -0.39 is 11.8 Å². The Morgan fingerprint density at radius 2 is 1.93 bits per heavy atom. The Morgan fingerprint density at radius 3 is 2.74 bits per heavy atom. The molecule has 10 heteroatoms. The molecule has 0 radical (unpaired) electrons. The SMILES string of the molecule is CCc1c(F)ccc2cc(O)cc(N3CCc4c(nc(OC[C@@]56CCCN5C[C@H](F)C6)nc4N4CCC[C@@](C)(O)C4)C3)c12. The number of fused-ring (bicyclic) bond motifs is 3. The zero-order valence-corrected chi connectivity index (χ0v) is 25.1. The fourth-order valence-corrected chi connectivity index (χ4v) is 8.04. The Labute approximate surface area is 251 Å². The molecule has 0 aliphatic carbocycles. The Morgan fingerprint density at radius 1 is 1.09 bits per heavy atom. The van der Waals surface area contributed by atoms with E-state index in [9.17, 15) is 19.0 Å². The van der Waals surface area contributed by atoms with E-state index in [1.165, 1.54) is 6.07 Å². The van der Waals surface area contributed by atoms with Crippen LogP contribution in [0.15, 0.2) is 24.3 Å². The van der Waals surface area contributed by atoms with Crippen molar-refractivity contribution in [2.75, 3.05) is 49.1 Å². The highest BCUT2D eigenvalue weighted by Crippen LogP contribution is 2.42. The topological polar surface area (TPSA) is 85.2 Å². The van der Waals surface area contributed by atoms with E-state index in [0.717, 1.165) is 72.3 Å². The molecule has 3 aromatic rings. The largest absolute Gasteiger partial charge is 0.508 e. The lowest BCUT2D eigenvalue weighted by molar-refractivity contribution is 0.0445. The summed E-state index contributed by atoms with van der Waals surface area (Å²) in [5.41, 5.74) is 2.12. The number of halogens is 2. The summed E-state index contributed by atoms with van der Waals surface area (Å²) in [6.45, 7) is 7.81. The minimum absolute atomic E-state index is 0.132. The molecule has 4 aliphatic heterocycles. The molecule has 2 N–H and O–H groups in total. The number of anilines is 2. The maximum absolute atomic E-state index is 14.9. The van der Waals surface area contributed by atoms with Crippen molar-refractivity contribution in [2.24, 2.45) is 0 Å². The van der Waals surface area contributed by atoms with Crippen LogP contribution in [0.4, 0.5) is 20.3 Å². The molecule has 3 fully saturated rings. The van der Waals surface area contributed by atoms with Crippen LogP contribution in [-0.2, 0) is 19.4 Å². The van der Waals surface area contributed by atoms with E-state index in [4.69, 9.17) is 14.7 Å². The van der Waals surface area contributed by atoms with E-state index in [1.807, 2.05) is 13.8 Å². The number of piperidine rings is 1. The van der Waals surface area contributed by atoms with Gasteiger partial charge in [0.05, 0.1) is 23.4 Å². The molecule has 0 spiro atoms. The predicted molar refractivity (Wildman–Crippen MR) is 162 cm³/mol. The number of nitrogens with zero attached hydrogens (tertiary/aromatic N) is 5. The van der Waals surface area contributed by atoms with Crippen molar-refractivity contribution in [1.29, 1.82) is 0 Å². The molecule has 3 atom stereocenters. The van der Waals surface area contributed by atoms with E-state index in [0.29, 0.717) is 57.6 Å². The van der Waals surface area contributed by atoms with Gasteiger partial charge in [-0.25, -0.2) is 8.78 Å². The molecular formula is C33H41F2N5O3. The smallest absolute Gasteiger partial charge is 0.318 e. The lowest BCUT2D eigenvalue weighted by Gasteiger charge is -2.40. The third-order valence-electron chi connectivity index (χ3n) is 10.1. The number of rotatable bonds is 6. The average molecular weight is 594 g/mol. The van der Waals surface area contributed by atoms with Gasteiger partial charge < -0.3 is 24.7 Å². The highest BCUT2D eigenvalue weighted by Gasteiger charge is 2.49. The number of phenolic OH excluding ortho intramolecular Hbond substituents is 1. The van der Waals surface area contributed by atoms with Crippen molar-refractivity contribution in [1.82, 2.24) is 14.9 Å². The molecule has 43 heavy (non-hydrogen) atoms. The molecular weight excluding hydrogens is 552 g/mol. The molecule has 1 aromatic heterocycles. The van der Waals surface area contributed by atoms with E-state index in [1.54, 1.807) is 18.2 Å². The zero-order valence-electron chi connectivity index (χ0n) is 25.1. The first-order chi connectivity index (χ1) is 20.6. The zero-order chi connectivity index (χ0) is 29.9. The summed E-state index contributed by atoms with van der Waals surface area (Å²) in [4.78, 5) is 16.4. The number of benzene rings is 2. The van der Waals surface area contributed by atoms with Gasteiger partial charge in [-0.05, 0) is 75.1 Å². The average Bonchev–Trinajstić information content (AvgIpc) is 3.50. The first-order valence-electron chi connectivity index (χ1n) is 15.7. The molecule has 0 saturated carbocycles. The number of aromatic hydroxyl groups is 1. The van der Waals surface area contributed by atoms with Crippen LogP contribution >= 0.6 is 0 Å². The third-order valence-corrected chi connectivity index (χ3v) is 10.1. The first-order valence-corrected chi connectivity index (χ1v) is 15.7. The van der Waals surface area contributed by atoms with Crippen molar-refractivity contribution in [3.63, 3.8) is 0 Å². The van der Waals surface area contributed by atoms with Gasteiger partial charge in [-0.2, -0.15) is 9.97 Å². The number of aliphatic hydroxyl groups is 1. The van der Waals surface area contributed by atoms with Crippen LogP contribution < -0.4 is 14.5 Å². The van der Waals surface area contributed by atoms with Crippen LogP contribution in [-0.4, -0.2) is 81.7 Å². The fourth-order valence-electron chi connectivity index (χ4n) is 8.04. The number of aromatic nitrogens is 2. The second-order valence-electron chi connectivity index (χ2n) is 13.3. The van der Waals surface area contributed by atoms with Crippen LogP contribution in [0.1, 0.15) is 62.8 Å². The minimum Gasteiger partial charge on any atom is -0.508 e. The Balaban J connectivity index is 1.26. The minimum atomic E-state index is -0.844. The number of β-amino-alcohol motifs (C(OH)–C–C–N with tert-alkyl or cyclic N) is 1. The monoisotopic (exact) mass is 593 g/mol. The fraction of sp³-hybridized carbons (Fsp3) is 0.576. The molecule has 3 saturated heterocycles. The van der Waals surface area contributed by atoms with Crippen molar-refractivity contribution < 1.29 is 23.7 Å². The normalized spacial score (nSPS) is 27.5. The van der Waals surface area contributed by atoms with Crippen molar-refractivity contribution in [3.05, 3.63) is 46.9 Å². The van der Waals surface area contributed by atoms with Crippen molar-refractivity contribution in [2.45, 2.75) is 82.6 Å². The van der Waals surface area contributed by atoms with Crippen molar-refractivity contribution in [3.8, 4) is 11.8 Å². The third kappa shape index (κ3) is 5.16. The molecule has 4 aliphatic rings. The van der Waals surface area contributed by atoms with Gasteiger partial charge in [0, 0.05) is 55.3 Å². The summed E-state index contributed by atoms with van der Waals surface area (Å²) in [5, 5.41) is 23.1. The number of alkyl halides is 1. The molecule has 0 amide bonds. The lowest BCUT2D eigenvalue weighted by atomic mass is 9.94. The highest BCUT2D eigenvalue weighted by atomic mass is 19.1. The van der Waals surface area contributed by atoms with Crippen LogP contribution in [0.25, 0.3) is 10.8 Å². The Kier molecular flexibility index (Phi) is 7.12. The maximum atomic E-state index is 14.9. The van der Waals surface area contributed by atoms with Gasteiger partial charge in [0.1, 0.15) is 30.2 Å². The number of ether oxygens (including phenoxy) is 1. The second kappa shape index (κ2) is 10.7. The number of phenols is 1.